The first kappa shape index (κ1) is 13.2. The number of methoxy groups -OCH3 is 1. The van der Waals surface area contributed by atoms with Gasteiger partial charge in [-0.15, -0.1) is 5.10 Å². The number of ether oxygens (including phenoxy) is 1. The molecule has 0 saturated heterocycles. The summed E-state index contributed by atoms with van der Waals surface area (Å²) in [7, 11) is 3.07. The molecule has 0 radical (unpaired) electrons. The Labute approximate surface area is 118 Å². The summed E-state index contributed by atoms with van der Waals surface area (Å²) in [5.41, 5.74) is 0.689. The minimum atomic E-state index is -0.488. The maximum Gasteiger partial charge on any atom is 0.281 e. The highest BCUT2D eigenvalue weighted by molar-refractivity contribution is 5.72. The molecule has 0 N–H and O–H groups in total. The molecule has 108 valence electrons. The fourth-order valence-electron chi connectivity index (χ4n) is 2.06. The lowest BCUT2D eigenvalue weighted by Gasteiger charge is -2.06. The number of hydrogen-bond donors (Lipinski definition) is 0. The summed E-state index contributed by atoms with van der Waals surface area (Å²) >= 11 is 0. The van der Waals surface area contributed by atoms with Crippen molar-refractivity contribution >= 4 is 11.0 Å². The van der Waals surface area contributed by atoms with Crippen LogP contribution in [0.3, 0.4) is 0 Å². The number of benzene rings is 1. The molecule has 0 saturated carbocycles. The lowest BCUT2D eigenvalue weighted by Crippen LogP contribution is -2.24. The Balaban J connectivity index is 2.00. The van der Waals surface area contributed by atoms with E-state index >= 15 is 0 Å². The van der Waals surface area contributed by atoms with Crippen LogP contribution in [0.1, 0.15) is 5.56 Å². The lowest BCUT2D eigenvalue weighted by molar-refractivity contribution is 0.386. The molecule has 21 heavy (non-hydrogen) atoms. The van der Waals surface area contributed by atoms with Gasteiger partial charge in [-0.3, -0.25) is 4.79 Å². The number of halogens is 1. The van der Waals surface area contributed by atoms with Crippen LogP contribution in [0, 0.1) is 5.82 Å². The van der Waals surface area contributed by atoms with Crippen LogP contribution in [-0.4, -0.2) is 31.9 Å². The molecule has 0 unspecified atom stereocenters. The van der Waals surface area contributed by atoms with Crippen LogP contribution in [0.15, 0.2) is 29.2 Å². The van der Waals surface area contributed by atoms with Crippen molar-refractivity contribution in [2.75, 3.05) is 7.11 Å². The SMILES string of the molecule is COc1ccc(Cn2nnc3c(cnn3C)c2=O)cc1F. The van der Waals surface area contributed by atoms with Gasteiger partial charge in [-0.1, -0.05) is 11.3 Å². The third kappa shape index (κ3) is 2.24. The molecule has 0 aliphatic carbocycles. The maximum absolute atomic E-state index is 13.6. The van der Waals surface area contributed by atoms with Crippen LogP contribution in [0.5, 0.6) is 5.75 Å². The number of aromatic nitrogens is 5. The van der Waals surface area contributed by atoms with Crippen molar-refractivity contribution < 1.29 is 9.13 Å². The van der Waals surface area contributed by atoms with Gasteiger partial charge in [-0.05, 0) is 17.7 Å². The van der Waals surface area contributed by atoms with Crippen LogP contribution in [0.2, 0.25) is 0 Å². The lowest BCUT2D eigenvalue weighted by atomic mass is 10.2. The molecule has 2 aromatic heterocycles. The number of hydrogen-bond acceptors (Lipinski definition) is 5. The first-order valence-electron chi connectivity index (χ1n) is 6.18. The molecule has 0 amide bonds. The molecule has 2 heterocycles. The Morgan fingerprint density at radius 1 is 1.38 bits per heavy atom. The highest BCUT2D eigenvalue weighted by atomic mass is 19.1. The highest BCUT2D eigenvalue weighted by Gasteiger charge is 2.11. The van der Waals surface area contributed by atoms with Gasteiger partial charge in [0.15, 0.2) is 17.2 Å². The van der Waals surface area contributed by atoms with Crippen molar-refractivity contribution in [1.82, 2.24) is 24.8 Å². The molecular formula is C13H12FN5O2. The van der Waals surface area contributed by atoms with E-state index in [0.717, 1.165) is 0 Å². The Kier molecular flexibility index (Phi) is 3.13. The van der Waals surface area contributed by atoms with Crippen molar-refractivity contribution in [2.45, 2.75) is 6.54 Å². The van der Waals surface area contributed by atoms with Crippen molar-refractivity contribution in [1.29, 1.82) is 0 Å². The van der Waals surface area contributed by atoms with E-state index in [9.17, 15) is 9.18 Å². The zero-order valence-corrected chi connectivity index (χ0v) is 11.4. The van der Waals surface area contributed by atoms with Crippen molar-refractivity contribution in [2.24, 2.45) is 7.05 Å². The molecule has 1 aromatic carbocycles. The van der Waals surface area contributed by atoms with Crippen LogP contribution >= 0.6 is 0 Å². The van der Waals surface area contributed by atoms with E-state index in [4.69, 9.17) is 4.74 Å². The van der Waals surface area contributed by atoms with Crippen molar-refractivity contribution in [3.63, 3.8) is 0 Å². The first-order valence-corrected chi connectivity index (χ1v) is 6.18. The smallest absolute Gasteiger partial charge is 0.281 e. The van der Waals surface area contributed by atoms with E-state index in [2.05, 4.69) is 15.4 Å². The molecule has 0 fully saturated rings. The second-order valence-corrected chi connectivity index (χ2v) is 4.53. The summed E-state index contributed by atoms with van der Waals surface area (Å²) in [6.07, 6.45) is 1.44. The summed E-state index contributed by atoms with van der Waals surface area (Å²) in [6, 6.07) is 4.48. The quantitative estimate of drug-likeness (QED) is 0.710. The number of nitrogens with zero attached hydrogens (tertiary/aromatic N) is 5. The van der Waals surface area contributed by atoms with Gasteiger partial charge in [0, 0.05) is 7.05 Å². The molecule has 0 atom stereocenters. The predicted octanol–water partition coefficient (Wildman–Crippen LogP) is 0.721. The molecule has 3 aromatic rings. The fraction of sp³-hybridized carbons (Fsp3) is 0.231. The van der Waals surface area contributed by atoms with Gasteiger partial charge >= 0.3 is 0 Å². The number of fused-ring (bicyclic) bond motifs is 1. The average Bonchev–Trinajstić information content (AvgIpc) is 2.84. The van der Waals surface area contributed by atoms with Crippen LogP contribution in [-0.2, 0) is 13.6 Å². The Morgan fingerprint density at radius 3 is 2.90 bits per heavy atom. The molecule has 7 nitrogen and oxygen atoms in total. The predicted molar refractivity (Wildman–Crippen MR) is 72.6 cm³/mol. The average molecular weight is 289 g/mol. The number of aryl methyl sites for hydroxylation is 1. The van der Waals surface area contributed by atoms with Gasteiger partial charge in [0.2, 0.25) is 0 Å². The molecule has 3 rings (SSSR count). The van der Waals surface area contributed by atoms with Crippen LogP contribution < -0.4 is 10.3 Å². The zero-order valence-electron chi connectivity index (χ0n) is 11.4. The first-order chi connectivity index (χ1) is 10.1. The zero-order chi connectivity index (χ0) is 15.0. The Hall–Kier alpha value is -2.77. The minimum Gasteiger partial charge on any atom is -0.494 e. The second kappa shape index (κ2) is 4.97. The maximum atomic E-state index is 13.6. The Bertz CT molecular complexity index is 871. The largest absolute Gasteiger partial charge is 0.494 e. The third-order valence-corrected chi connectivity index (χ3v) is 3.17. The molecular weight excluding hydrogens is 277 g/mol. The summed E-state index contributed by atoms with van der Waals surface area (Å²) in [5.74, 6) is -0.335. The number of rotatable bonds is 3. The van der Waals surface area contributed by atoms with E-state index in [1.807, 2.05) is 0 Å². The summed E-state index contributed by atoms with van der Waals surface area (Å²) < 4.78 is 21.1. The summed E-state index contributed by atoms with van der Waals surface area (Å²) in [5, 5.41) is 12.1. The van der Waals surface area contributed by atoms with Gasteiger partial charge in [0.05, 0.1) is 19.9 Å². The van der Waals surface area contributed by atoms with Gasteiger partial charge in [0.1, 0.15) is 5.39 Å². The van der Waals surface area contributed by atoms with Gasteiger partial charge in [0.25, 0.3) is 5.56 Å². The van der Waals surface area contributed by atoms with E-state index in [-0.39, 0.29) is 17.9 Å². The summed E-state index contributed by atoms with van der Waals surface area (Å²) in [4.78, 5) is 12.2. The summed E-state index contributed by atoms with van der Waals surface area (Å²) in [6.45, 7) is 0.123. The van der Waals surface area contributed by atoms with E-state index in [1.54, 1.807) is 13.1 Å². The minimum absolute atomic E-state index is 0.123. The van der Waals surface area contributed by atoms with Gasteiger partial charge in [-0.25, -0.2) is 13.8 Å². The van der Waals surface area contributed by atoms with E-state index in [1.165, 1.54) is 34.8 Å². The molecule has 0 spiro atoms. The molecule has 0 aliphatic heterocycles. The fourth-order valence-corrected chi connectivity index (χ4v) is 2.06. The topological polar surface area (TPSA) is 74.8 Å². The standard InChI is InChI=1S/C13H12FN5O2/c1-18-12-9(6-15-18)13(20)19(17-16-12)7-8-3-4-11(21-2)10(14)5-8/h3-6H,7H2,1-2H3. The van der Waals surface area contributed by atoms with Gasteiger partial charge in [-0.2, -0.15) is 5.10 Å². The van der Waals surface area contributed by atoms with Gasteiger partial charge < -0.3 is 4.74 Å². The van der Waals surface area contributed by atoms with Crippen molar-refractivity contribution in [3.05, 3.63) is 46.1 Å². The molecule has 0 bridgehead atoms. The molecule has 0 aliphatic rings. The highest BCUT2D eigenvalue weighted by Crippen LogP contribution is 2.17. The second-order valence-electron chi connectivity index (χ2n) is 4.53. The van der Waals surface area contributed by atoms with Crippen molar-refractivity contribution in [3.8, 4) is 5.75 Å². The Morgan fingerprint density at radius 2 is 2.19 bits per heavy atom. The van der Waals surface area contributed by atoms with E-state index in [0.29, 0.717) is 16.6 Å². The normalized spacial score (nSPS) is 11.0. The van der Waals surface area contributed by atoms with Crippen LogP contribution in [0.4, 0.5) is 4.39 Å². The molecule has 8 heteroatoms. The van der Waals surface area contributed by atoms with Crippen LogP contribution in [0.25, 0.3) is 11.0 Å². The monoisotopic (exact) mass is 289 g/mol. The third-order valence-electron chi connectivity index (χ3n) is 3.17. The van der Waals surface area contributed by atoms with E-state index < -0.39 is 5.82 Å².